The molecule has 5 nitrogen and oxygen atoms in total. The van der Waals surface area contributed by atoms with Gasteiger partial charge in [0.05, 0.1) is 16.8 Å². The van der Waals surface area contributed by atoms with E-state index in [0.29, 0.717) is 17.4 Å². The number of hydrogen-bond acceptors (Lipinski definition) is 6. The van der Waals surface area contributed by atoms with Gasteiger partial charge in [-0.05, 0) is 18.2 Å². The number of thiophene rings is 1. The van der Waals surface area contributed by atoms with Gasteiger partial charge in [-0.1, -0.05) is 115 Å². The van der Waals surface area contributed by atoms with Crippen LogP contribution in [0.3, 0.4) is 0 Å². The lowest BCUT2D eigenvalue weighted by molar-refractivity contribution is 0.653. The summed E-state index contributed by atoms with van der Waals surface area (Å²) in [6, 6.07) is 45.2. The van der Waals surface area contributed by atoms with E-state index < -0.39 is 0 Å². The highest BCUT2D eigenvalue weighted by Gasteiger charge is 2.20. The van der Waals surface area contributed by atoms with Crippen LogP contribution < -0.4 is 0 Å². The molecule has 6 heteroatoms. The van der Waals surface area contributed by atoms with Crippen molar-refractivity contribution in [3.63, 3.8) is 0 Å². The second-order valence-electron chi connectivity index (χ2n) is 10.7. The summed E-state index contributed by atoms with van der Waals surface area (Å²) < 4.78 is 7.45. The Morgan fingerprint density at radius 1 is 0.455 bits per heavy atom. The van der Waals surface area contributed by atoms with Crippen LogP contribution in [0.25, 0.3) is 87.7 Å². The van der Waals surface area contributed by atoms with Gasteiger partial charge in [-0.15, -0.1) is 11.3 Å². The molecule has 0 spiro atoms. The first kappa shape index (κ1) is 24.8. The Bertz CT molecular complexity index is 2330. The molecule has 0 saturated heterocycles. The normalized spacial score (nSPS) is 11.6. The second-order valence-corrected chi connectivity index (χ2v) is 11.7. The average molecular weight is 583 g/mol. The van der Waals surface area contributed by atoms with E-state index in [-0.39, 0.29) is 0 Å². The molecule has 0 atom stereocenters. The van der Waals surface area contributed by atoms with Crippen LogP contribution in [-0.4, -0.2) is 19.9 Å². The van der Waals surface area contributed by atoms with E-state index in [1.165, 1.54) is 10.1 Å². The molecule has 0 saturated carbocycles. The molecule has 4 aromatic heterocycles. The Balaban J connectivity index is 1.25. The fourth-order valence-electron chi connectivity index (χ4n) is 5.91. The van der Waals surface area contributed by atoms with Crippen molar-refractivity contribution in [2.24, 2.45) is 0 Å². The third-order valence-corrected chi connectivity index (χ3v) is 9.02. The number of rotatable bonds is 4. The summed E-state index contributed by atoms with van der Waals surface area (Å²) in [5.74, 6) is 1.25. The number of furan rings is 1. The quantitative estimate of drug-likeness (QED) is 0.207. The zero-order valence-electron chi connectivity index (χ0n) is 23.3. The van der Waals surface area contributed by atoms with Gasteiger partial charge in [0.15, 0.2) is 11.6 Å². The Morgan fingerprint density at radius 2 is 1.02 bits per heavy atom. The monoisotopic (exact) mass is 582 g/mol. The zero-order chi connectivity index (χ0) is 29.0. The van der Waals surface area contributed by atoms with Crippen molar-refractivity contribution in [3.05, 3.63) is 133 Å². The number of benzene rings is 5. The molecule has 4 heterocycles. The van der Waals surface area contributed by atoms with Crippen LogP contribution in [0.15, 0.2) is 138 Å². The smallest absolute Gasteiger partial charge is 0.231 e. The molecule has 0 bridgehead atoms. The molecule has 0 fully saturated rings. The van der Waals surface area contributed by atoms with E-state index in [4.69, 9.17) is 24.4 Å². The van der Waals surface area contributed by atoms with Crippen LogP contribution in [0.1, 0.15) is 0 Å². The summed E-state index contributed by atoms with van der Waals surface area (Å²) >= 11 is 1.69. The number of fused-ring (bicyclic) bond motifs is 6. The Labute approximate surface area is 256 Å². The van der Waals surface area contributed by atoms with Crippen LogP contribution in [0.5, 0.6) is 0 Å². The van der Waals surface area contributed by atoms with Crippen LogP contribution in [0.2, 0.25) is 0 Å². The predicted molar refractivity (Wildman–Crippen MR) is 180 cm³/mol. The number of nitrogens with zero attached hydrogens (tertiary/aromatic N) is 4. The molecule has 0 N–H and O–H groups in total. The lowest BCUT2D eigenvalue weighted by Gasteiger charge is -2.09. The van der Waals surface area contributed by atoms with Crippen LogP contribution in [-0.2, 0) is 0 Å². The maximum Gasteiger partial charge on any atom is 0.231 e. The van der Waals surface area contributed by atoms with E-state index in [0.717, 1.165) is 60.2 Å². The molecule has 0 radical (unpaired) electrons. The van der Waals surface area contributed by atoms with Crippen LogP contribution >= 0.6 is 11.3 Å². The Morgan fingerprint density at radius 3 is 1.75 bits per heavy atom. The van der Waals surface area contributed by atoms with E-state index in [2.05, 4.69) is 60.7 Å². The maximum atomic E-state index is 6.26. The molecule has 0 unspecified atom stereocenters. The maximum absolute atomic E-state index is 6.26. The highest BCUT2D eigenvalue weighted by atomic mass is 32.1. The van der Waals surface area contributed by atoms with E-state index in [1.54, 1.807) is 11.3 Å². The molecule has 9 rings (SSSR count). The van der Waals surface area contributed by atoms with Gasteiger partial charge in [-0.3, -0.25) is 0 Å². The van der Waals surface area contributed by atoms with E-state index in [1.807, 2.05) is 72.8 Å². The van der Waals surface area contributed by atoms with Gasteiger partial charge in [-0.25, -0.2) is 15.0 Å². The summed E-state index contributed by atoms with van der Waals surface area (Å²) in [4.78, 5) is 21.3. The summed E-state index contributed by atoms with van der Waals surface area (Å²) in [5, 5.41) is 4.17. The first-order chi connectivity index (χ1) is 21.8. The standard InChI is InChI=1S/C38H22N4OS/c1-3-12-23(13-4-1)33-31-27-18-7-9-20-29(27)43-37(31)41-35(39-33)25-16-11-17-26(22-25)36-40-34(24-14-5-2-6-15-24)32-28-19-8-10-21-30(28)44-38(32)42-36/h1-22H. The molecule has 44 heavy (non-hydrogen) atoms. The molecule has 0 aliphatic heterocycles. The zero-order valence-corrected chi connectivity index (χ0v) is 24.1. The largest absolute Gasteiger partial charge is 0.438 e. The minimum atomic E-state index is 0.565. The predicted octanol–water partition coefficient (Wildman–Crippen LogP) is 10.2. The summed E-state index contributed by atoms with van der Waals surface area (Å²) in [6.07, 6.45) is 0. The Kier molecular flexibility index (Phi) is 5.61. The Hall–Kier alpha value is -5.72. The van der Waals surface area contributed by atoms with Gasteiger partial charge in [0.1, 0.15) is 10.4 Å². The first-order valence-electron chi connectivity index (χ1n) is 14.4. The summed E-state index contributed by atoms with van der Waals surface area (Å²) in [6.45, 7) is 0. The fourth-order valence-corrected chi connectivity index (χ4v) is 6.99. The van der Waals surface area contributed by atoms with Crippen molar-refractivity contribution in [2.75, 3.05) is 0 Å². The highest BCUT2D eigenvalue weighted by Crippen LogP contribution is 2.40. The van der Waals surface area contributed by atoms with Crippen LogP contribution in [0.4, 0.5) is 0 Å². The second kappa shape index (κ2) is 9.93. The third-order valence-electron chi connectivity index (χ3n) is 7.95. The SMILES string of the molecule is c1ccc(-c2nc(-c3cccc(-c4nc(-c5ccccc5)c5c(n4)sc4ccccc45)c3)nc3oc4ccccc4c23)cc1. The number of hydrogen-bond donors (Lipinski definition) is 0. The van der Waals surface area contributed by atoms with Gasteiger partial charge < -0.3 is 4.42 Å². The van der Waals surface area contributed by atoms with Crippen molar-refractivity contribution >= 4 is 53.7 Å². The first-order valence-corrected chi connectivity index (χ1v) is 15.2. The van der Waals surface area contributed by atoms with Crippen molar-refractivity contribution in [1.29, 1.82) is 0 Å². The molecule has 0 amide bonds. The van der Waals surface area contributed by atoms with Crippen LogP contribution in [0, 0.1) is 0 Å². The van der Waals surface area contributed by atoms with Gasteiger partial charge in [-0.2, -0.15) is 4.98 Å². The summed E-state index contributed by atoms with van der Waals surface area (Å²) in [7, 11) is 0. The molecular weight excluding hydrogens is 561 g/mol. The molecule has 0 aliphatic carbocycles. The van der Waals surface area contributed by atoms with Gasteiger partial charge in [0.2, 0.25) is 5.71 Å². The molecule has 206 valence electrons. The number of para-hydroxylation sites is 1. The molecule has 9 aromatic rings. The lowest BCUT2D eigenvalue weighted by atomic mass is 10.0. The van der Waals surface area contributed by atoms with Gasteiger partial charge >= 0.3 is 0 Å². The lowest BCUT2D eigenvalue weighted by Crippen LogP contribution is -1.96. The minimum Gasteiger partial charge on any atom is -0.438 e. The van der Waals surface area contributed by atoms with Crippen molar-refractivity contribution in [2.45, 2.75) is 0 Å². The molecule has 5 aromatic carbocycles. The van der Waals surface area contributed by atoms with Crippen molar-refractivity contribution < 1.29 is 4.42 Å². The number of aromatic nitrogens is 4. The van der Waals surface area contributed by atoms with Crippen molar-refractivity contribution in [1.82, 2.24) is 19.9 Å². The molecular formula is C38H22N4OS. The minimum absolute atomic E-state index is 0.565. The van der Waals surface area contributed by atoms with E-state index in [9.17, 15) is 0 Å². The van der Waals surface area contributed by atoms with Crippen molar-refractivity contribution in [3.8, 4) is 45.3 Å². The third kappa shape index (κ3) is 4.00. The highest BCUT2D eigenvalue weighted by molar-refractivity contribution is 7.25. The summed E-state index contributed by atoms with van der Waals surface area (Å²) in [5.41, 5.74) is 6.96. The fraction of sp³-hybridized carbons (Fsp3) is 0. The van der Waals surface area contributed by atoms with Gasteiger partial charge in [0, 0.05) is 43.1 Å². The van der Waals surface area contributed by atoms with Gasteiger partial charge in [0.25, 0.3) is 0 Å². The molecule has 0 aliphatic rings. The average Bonchev–Trinajstić information content (AvgIpc) is 3.66. The van der Waals surface area contributed by atoms with E-state index >= 15 is 0 Å². The topological polar surface area (TPSA) is 64.7 Å².